The number of hydrogen-bond donors (Lipinski definition) is 0. The lowest BCUT2D eigenvalue weighted by Gasteiger charge is -2.34. The molecule has 0 aromatic carbocycles. The lowest BCUT2D eigenvalue weighted by Crippen LogP contribution is -2.50. The van der Waals surface area contributed by atoms with Gasteiger partial charge in [-0.2, -0.15) is 0 Å². The highest BCUT2D eigenvalue weighted by Gasteiger charge is 2.30. The summed E-state index contributed by atoms with van der Waals surface area (Å²) in [6.45, 7) is 5.80. The van der Waals surface area contributed by atoms with Gasteiger partial charge in [0.2, 0.25) is 0 Å². The zero-order valence-corrected chi connectivity index (χ0v) is 9.45. The summed E-state index contributed by atoms with van der Waals surface area (Å²) in [4.78, 5) is 13.4. The average molecular weight is 211 g/mol. The van der Waals surface area contributed by atoms with Crippen LogP contribution in [0.1, 0.15) is 13.8 Å². The average Bonchev–Trinajstić information content (AvgIpc) is 2.24. The molecule has 0 spiro atoms. The molecule has 0 unspecified atom stereocenters. The predicted molar refractivity (Wildman–Crippen MR) is 56.2 cm³/mol. The molecule has 1 saturated heterocycles. The van der Waals surface area contributed by atoms with Gasteiger partial charge in [-0.1, -0.05) is 5.92 Å². The molecule has 0 N–H and O–H groups in total. The van der Waals surface area contributed by atoms with Crippen molar-refractivity contribution in [2.45, 2.75) is 26.1 Å². The van der Waals surface area contributed by atoms with Gasteiger partial charge < -0.3 is 9.47 Å². The zero-order chi connectivity index (χ0) is 11.3. The van der Waals surface area contributed by atoms with Gasteiger partial charge in [0.15, 0.2) is 6.10 Å². The van der Waals surface area contributed by atoms with Gasteiger partial charge in [-0.25, -0.2) is 4.79 Å². The van der Waals surface area contributed by atoms with Crippen LogP contribution < -0.4 is 0 Å². The van der Waals surface area contributed by atoms with Gasteiger partial charge in [0, 0.05) is 13.1 Å². The summed E-state index contributed by atoms with van der Waals surface area (Å²) in [6, 6.07) is 0. The van der Waals surface area contributed by atoms with Gasteiger partial charge in [-0.3, -0.25) is 4.90 Å². The fraction of sp³-hybridized carbons (Fsp3) is 0.727. The van der Waals surface area contributed by atoms with E-state index >= 15 is 0 Å². The number of nitrogens with zero attached hydrogens (tertiary/aromatic N) is 1. The number of hydrogen-bond acceptors (Lipinski definition) is 4. The first-order chi connectivity index (χ1) is 7.17. The molecular formula is C11H17NO3. The van der Waals surface area contributed by atoms with E-state index in [0.29, 0.717) is 13.1 Å². The Hall–Kier alpha value is -1.05. The molecule has 1 aliphatic heterocycles. The number of methoxy groups -OCH3 is 1. The molecule has 15 heavy (non-hydrogen) atoms. The van der Waals surface area contributed by atoms with Crippen LogP contribution in [0, 0.1) is 11.8 Å². The van der Waals surface area contributed by atoms with Gasteiger partial charge in [0.05, 0.1) is 19.8 Å². The molecule has 0 bridgehead atoms. The van der Waals surface area contributed by atoms with Crippen LogP contribution >= 0.6 is 0 Å². The van der Waals surface area contributed by atoms with E-state index in [1.807, 2.05) is 13.8 Å². The molecule has 4 heteroatoms. The third kappa shape index (κ3) is 3.54. The van der Waals surface area contributed by atoms with Crippen molar-refractivity contribution in [3.63, 3.8) is 0 Å². The molecule has 0 aromatic rings. The SMILES string of the molecule is CC#CCN1C[C@@H](C)O[C@@H](C(=O)OC)C1. The van der Waals surface area contributed by atoms with Gasteiger partial charge in [0.1, 0.15) is 0 Å². The maximum Gasteiger partial charge on any atom is 0.336 e. The van der Waals surface area contributed by atoms with E-state index in [1.165, 1.54) is 7.11 Å². The first-order valence-electron chi connectivity index (χ1n) is 5.02. The van der Waals surface area contributed by atoms with Crippen molar-refractivity contribution in [2.24, 2.45) is 0 Å². The largest absolute Gasteiger partial charge is 0.467 e. The van der Waals surface area contributed by atoms with E-state index in [0.717, 1.165) is 6.54 Å². The summed E-state index contributed by atoms with van der Waals surface area (Å²) >= 11 is 0. The first kappa shape index (κ1) is 12.0. The molecule has 0 saturated carbocycles. The van der Waals surface area contributed by atoms with Gasteiger partial charge in [0.25, 0.3) is 0 Å². The molecule has 4 nitrogen and oxygen atoms in total. The second-order valence-corrected chi connectivity index (χ2v) is 3.58. The van der Waals surface area contributed by atoms with E-state index in [2.05, 4.69) is 21.5 Å². The Morgan fingerprint density at radius 1 is 1.60 bits per heavy atom. The third-order valence-corrected chi connectivity index (χ3v) is 2.28. The van der Waals surface area contributed by atoms with Gasteiger partial charge >= 0.3 is 5.97 Å². The third-order valence-electron chi connectivity index (χ3n) is 2.28. The van der Waals surface area contributed by atoms with Crippen LogP contribution in [-0.4, -0.2) is 49.8 Å². The van der Waals surface area contributed by atoms with Crippen LogP contribution in [0.25, 0.3) is 0 Å². The Balaban J connectivity index is 2.53. The van der Waals surface area contributed by atoms with Crippen molar-refractivity contribution in [1.29, 1.82) is 0 Å². The Morgan fingerprint density at radius 2 is 2.33 bits per heavy atom. The molecule has 0 amide bonds. The highest BCUT2D eigenvalue weighted by molar-refractivity contribution is 5.74. The van der Waals surface area contributed by atoms with Gasteiger partial charge in [-0.15, -0.1) is 5.92 Å². The topological polar surface area (TPSA) is 38.8 Å². The Morgan fingerprint density at radius 3 is 2.93 bits per heavy atom. The number of morpholine rings is 1. The molecule has 1 fully saturated rings. The summed E-state index contributed by atoms with van der Waals surface area (Å²) < 4.78 is 10.1. The van der Waals surface area contributed by atoms with Crippen LogP contribution in [0.4, 0.5) is 0 Å². The standard InChI is InChI=1S/C11H17NO3/c1-4-5-6-12-7-9(2)15-10(8-12)11(13)14-3/h9-10H,6-8H2,1-3H3/t9-,10-/m1/s1. The van der Waals surface area contributed by atoms with Crippen molar-refractivity contribution >= 4 is 5.97 Å². The van der Waals surface area contributed by atoms with E-state index in [4.69, 9.17) is 4.74 Å². The molecule has 2 atom stereocenters. The maximum atomic E-state index is 11.3. The predicted octanol–water partition coefficient (Wildman–Crippen LogP) is 0.272. The van der Waals surface area contributed by atoms with Crippen LogP contribution in [-0.2, 0) is 14.3 Å². The number of rotatable bonds is 2. The molecule has 1 aliphatic rings. The summed E-state index contributed by atoms with van der Waals surface area (Å²) in [6.07, 6.45) is -0.432. The molecule has 0 aromatic heterocycles. The lowest BCUT2D eigenvalue weighted by atomic mass is 10.2. The number of carbonyl (C=O) groups is 1. The van der Waals surface area contributed by atoms with Crippen molar-refractivity contribution in [1.82, 2.24) is 4.90 Å². The van der Waals surface area contributed by atoms with Crippen molar-refractivity contribution in [2.75, 3.05) is 26.7 Å². The maximum absolute atomic E-state index is 11.3. The minimum absolute atomic E-state index is 0.0431. The molecule has 1 rings (SSSR count). The summed E-state index contributed by atoms with van der Waals surface area (Å²) in [5.41, 5.74) is 0. The smallest absolute Gasteiger partial charge is 0.336 e. The Kier molecular flexibility index (Phi) is 4.60. The zero-order valence-electron chi connectivity index (χ0n) is 9.45. The van der Waals surface area contributed by atoms with Crippen LogP contribution in [0.2, 0.25) is 0 Å². The summed E-state index contributed by atoms with van der Waals surface area (Å²) in [7, 11) is 1.38. The van der Waals surface area contributed by atoms with Crippen LogP contribution in [0.3, 0.4) is 0 Å². The number of carbonyl (C=O) groups excluding carboxylic acids is 1. The van der Waals surface area contributed by atoms with E-state index in [1.54, 1.807) is 0 Å². The Bertz CT molecular complexity index is 279. The highest BCUT2D eigenvalue weighted by atomic mass is 16.6. The normalized spacial score (nSPS) is 26.6. The minimum Gasteiger partial charge on any atom is -0.467 e. The van der Waals surface area contributed by atoms with Crippen molar-refractivity contribution in [3.05, 3.63) is 0 Å². The minimum atomic E-state index is -0.475. The van der Waals surface area contributed by atoms with E-state index in [-0.39, 0.29) is 12.1 Å². The molecule has 84 valence electrons. The quantitative estimate of drug-likeness (QED) is 0.485. The monoisotopic (exact) mass is 211 g/mol. The lowest BCUT2D eigenvalue weighted by molar-refractivity contribution is -0.165. The summed E-state index contributed by atoms with van der Waals surface area (Å²) in [5.74, 6) is 5.51. The molecule has 0 aliphatic carbocycles. The van der Waals surface area contributed by atoms with Crippen molar-refractivity contribution in [3.8, 4) is 11.8 Å². The number of esters is 1. The second kappa shape index (κ2) is 5.74. The van der Waals surface area contributed by atoms with Crippen molar-refractivity contribution < 1.29 is 14.3 Å². The highest BCUT2D eigenvalue weighted by Crippen LogP contribution is 2.11. The van der Waals surface area contributed by atoms with Crippen LogP contribution in [0.15, 0.2) is 0 Å². The van der Waals surface area contributed by atoms with E-state index in [9.17, 15) is 4.79 Å². The number of ether oxygens (including phenoxy) is 2. The fourth-order valence-electron chi connectivity index (χ4n) is 1.62. The molecule has 1 heterocycles. The Labute approximate surface area is 90.5 Å². The van der Waals surface area contributed by atoms with Crippen LogP contribution in [0.5, 0.6) is 0 Å². The summed E-state index contributed by atoms with van der Waals surface area (Å²) in [5, 5.41) is 0. The fourth-order valence-corrected chi connectivity index (χ4v) is 1.62. The molecular weight excluding hydrogens is 194 g/mol. The van der Waals surface area contributed by atoms with E-state index < -0.39 is 6.10 Å². The van der Waals surface area contributed by atoms with Gasteiger partial charge in [-0.05, 0) is 13.8 Å². The second-order valence-electron chi connectivity index (χ2n) is 3.58. The molecule has 0 radical (unpaired) electrons. The first-order valence-corrected chi connectivity index (χ1v) is 5.02.